The van der Waals surface area contributed by atoms with Crippen molar-refractivity contribution in [1.82, 2.24) is 4.57 Å². The third-order valence-corrected chi connectivity index (χ3v) is 6.22. The van der Waals surface area contributed by atoms with Crippen LogP contribution >= 0.6 is 0 Å². The molecule has 168 valence electrons. The lowest BCUT2D eigenvalue weighted by Crippen LogP contribution is -2.38. The van der Waals surface area contributed by atoms with Crippen molar-refractivity contribution >= 4 is 27.0 Å². The van der Waals surface area contributed by atoms with Gasteiger partial charge in [-0.2, -0.15) is 8.42 Å². The molecule has 2 aliphatic carbocycles. The maximum atomic E-state index is 11.6. The van der Waals surface area contributed by atoms with Gasteiger partial charge in [0.15, 0.2) is 5.76 Å². The predicted molar refractivity (Wildman–Crippen MR) is 120 cm³/mol. The molecule has 1 saturated carbocycles. The highest BCUT2D eigenvalue weighted by Crippen LogP contribution is 2.35. The van der Waals surface area contributed by atoms with E-state index in [9.17, 15) is 18.3 Å². The van der Waals surface area contributed by atoms with Crippen molar-refractivity contribution in [2.24, 2.45) is 0 Å². The Morgan fingerprint density at radius 2 is 1.97 bits per heavy atom. The molecule has 2 aliphatic rings. The van der Waals surface area contributed by atoms with Crippen molar-refractivity contribution in [2.45, 2.75) is 50.7 Å². The molecule has 32 heavy (non-hydrogen) atoms. The fraction of sp³-hybridized carbons (Fsp3) is 0.375. The van der Waals surface area contributed by atoms with Crippen molar-refractivity contribution in [1.29, 1.82) is 0 Å². The van der Waals surface area contributed by atoms with Crippen LogP contribution in [-0.2, 0) is 26.2 Å². The maximum Gasteiger partial charge on any atom is 0.348 e. The second kappa shape index (κ2) is 8.75. The summed E-state index contributed by atoms with van der Waals surface area (Å²) in [6, 6.07) is 7.14. The van der Waals surface area contributed by atoms with E-state index in [4.69, 9.17) is 8.92 Å². The zero-order valence-electron chi connectivity index (χ0n) is 17.8. The van der Waals surface area contributed by atoms with E-state index in [1.807, 2.05) is 24.4 Å². The van der Waals surface area contributed by atoms with Crippen LogP contribution in [-0.4, -0.2) is 35.9 Å². The number of allylic oxidation sites excluding steroid dienone is 3. The van der Waals surface area contributed by atoms with Gasteiger partial charge in [0.05, 0.1) is 6.26 Å². The second-order valence-electron chi connectivity index (χ2n) is 8.20. The van der Waals surface area contributed by atoms with Crippen molar-refractivity contribution in [3.05, 3.63) is 65.4 Å². The van der Waals surface area contributed by atoms with E-state index in [2.05, 4.69) is 16.0 Å². The molecular weight excluding hydrogens is 430 g/mol. The number of ether oxygens (including phenoxy) is 1. The molecule has 0 atom stereocenters. The lowest BCUT2D eigenvalue weighted by molar-refractivity contribution is -0.159. The number of carbonyl (C=O) groups is 1. The summed E-state index contributed by atoms with van der Waals surface area (Å²) in [6.45, 7) is 0.782. The van der Waals surface area contributed by atoms with Crippen LogP contribution in [0.3, 0.4) is 0 Å². The average Bonchev–Trinajstić information content (AvgIpc) is 3.36. The minimum absolute atomic E-state index is 0.299. The summed E-state index contributed by atoms with van der Waals surface area (Å²) in [5.41, 5.74) is 6.90. The number of aryl methyl sites for hydroxylation is 1. The Kier molecular flexibility index (Phi) is 6.02. The first-order valence-electron chi connectivity index (χ1n) is 10.6. The summed E-state index contributed by atoms with van der Waals surface area (Å²) in [7, 11) is -3.55. The first-order chi connectivity index (χ1) is 15.2. The standard InChI is InChI=1S/C24H25NO6S/c1-32(28,29)31-21-10-11-22-19(17-21)12-16-25(22)15-4-5-18-6-8-20(9-7-18)30-24(23(26)27)13-2-3-14-24/h6,8,10-12,16-17H,2-5,13-15H2,1H3,(H,26,27). The first kappa shape index (κ1) is 22.0. The number of rotatable bonds is 9. The largest absolute Gasteiger partial charge is 0.478 e. The second-order valence-corrected chi connectivity index (χ2v) is 9.78. The van der Waals surface area contributed by atoms with Gasteiger partial charge < -0.3 is 18.6 Å². The molecule has 1 heterocycles. The van der Waals surface area contributed by atoms with Crippen molar-refractivity contribution in [3.63, 3.8) is 0 Å². The summed E-state index contributed by atoms with van der Waals surface area (Å²) >= 11 is 0. The summed E-state index contributed by atoms with van der Waals surface area (Å²) in [4.78, 5) is 11.6. The average molecular weight is 456 g/mol. The van der Waals surface area contributed by atoms with Crippen molar-refractivity contribution in [2.75, 3.05) is 6.26 Å². The first-order valence-corrected chi connectivity index (χ1v) is 12.4. The molecule has 1 fully saturated rings. The Balaban J connectivity index is 1.38. The fourth-order valence-electron chi connectivity index (χ4n) is 4.16. The third-order valence-electron chi connectivity index (χ3n) is 5.72. The lowest BCUT2D eigenvalue weighted by Gasteiger charge is -2.25. The number of nitrogens with zero attached hydrogens (tertiary/aromatic N) is 1. The highest BCUT2D eigenvalue weighted by Gasteiger charge is 2.44. The number of fused-ring (bicyclic) bond motifs is 1. The minimum Gasteiger partial charge on any atom is -0.478 e. The van der Waals surface area contributed by atoms with Crippen LogP contribution < -0.4 is 4.18 Å². The zero-order valence-corrected chi connectivity index (χ0v) is 18.7. The molecule has 8 heteroatoms. The number of hydrogen-bond acceptors (Lipinski definition) is 5. The highest BCUT2D eigenvalue weighted by atomic mass is 32.2. The number of carboxylic acids is 1. The van der Waals surface area contributed by atoms with Crippen molar-refractivity contribution < 1.29 is 27.2 Å². The quantitative estimate of drug-likeness (QED) is 0.447. The van der Waals surface area contributed by atoms with E-state index in [1.54, 1.807) is 18.2 Å². The summed E-state index contributed by atoms with van der Waals surface area (Å²) in [5, 5.41) is 10.5. The van der Waals surface area contributed by atoms with Crippen LogP contribution in [0, 0.1) is 0 Å². The van der Waals surface area contributed by atoms with Gasteiger partial charge in [-0.3, -0.25) is 0 Å². The molecular formula is C24H25NO6S. The van der Waals surface area contributed by atoms with E-state index in [1.165, 1.54) is 0 Å². The minimum atomic E-state index is -3.55. The molecule has 0 saturated heterocycles. The van der Waals surface area contributed by atoms with E-state index in [-0.39, 0.29) is 0 Å². The van der Waals surface area contributed by atoms with Crippen molar-refractivity contribution in [3.8, 4) is 5.75 Å². The molecule has 0 unspecified atom stereocenters. The van der Waals surface area contributed by atoms with Gasteiger partial charge in [-0.05, 0) is 80.7 Å². The fourth-order valence-corrected chi connectivity index (χ4v) is 4.62. The molecule has 0 bridgehead atoms. The van der Waals surface area contributed by atoms with Gasteiger partial charge in [0, 0.05) is 29.2 Å². The van der Waals surface area contributed by atoms with Gasteiger partial charge in [0.25, 0.3) is 0 Å². The molecule has 4 rings (SSSR count). The SMILES string of the molecule is CS(=O)(=O)Oc1ccc2c(ccn2CCCC2=C=C=C(OC3(C(=O)O)CCCC3)C=C2)c1. The topological polar surface area (TPSA) is 94.8 Å². The molecule has 0 amide bonds. The zero-order chi connectivity index (χ0) is 22.8. The van der Waals surface area contributed by atoms with Gasteiger partial charge in [-0.1, -0.05) is 5.73 Å². The van der Waals surface area contributed by atoms with E-state index in [0.717, 1.165) is 55.0 Å². The van der Waals surface area contributed by atoms with Crippen LogP contribution in [0.4, 0.5) is 0 Å². The molecule has 0 aliphatic heterocycles. The van der Waals surface area contributed by atoms with Gasteiger partial charge in [0.1, 0.15) is 5.75 Å². The maximum absolute atomic E-state index is 11.6. The smallest absolute Gasteiger partial charge is 0.348 e. The van der Waals surface area contributed by atoms with Gasteiger partial charge in [0.2, 0.25) is 5.60 Å². The van der Waals surface area contributed by atoms with Gasteiger partial charge in [-0.15, -0.1) is 0 Å². The molecule has 7 nitrogen and oxygen atoms in total. The number of hydrogen-bond donors (Lipinski definition) is 1. The normalized spacial score (nSPS) is 17.3. The number of carboxylic acid groups (broad SMARTS) is 1. The van der Waals surface area contributed by atoms with Crippen LogP contribution in [0.2, 0.25) is 0 Å². The number of benzene rings is 1. The molecule has 1 aromatic heterocycles. The summed E-state index contributed by atoms with van der Waals surface area (Å²) in [5.74, 6) is -0.199. The number of aromatic nitrogens is 1. The summed E-state index contributed by atoms with van der Waals surface area (Å²) < 4.78 is 35.4. The Labute approximate surface area is 187 Å². The van der Waals surface area contributed by atoms with Crippen LogP contribution in [0.15, 0.2) is 65.4 Å². The molecule has 2 aromatic rings. The Morgan fingerprint density at radius 3 is 2.62 bits per heavy atom. The van der Waals surface area contributed by atoms with Crippen LogP contribution in [0.1, 0.15) is 38.5 Å². The number of aliphatic carboxylic acids is 1. The van der Waals surface area contributed by atoms with E-state index in [0.29, 0.717) is 24.4 Å². The molecule has 1 aromatic carbocycles. The third kappa shape index (κ3) is 5.00. The molecule has 0 radical (unpaired) electrons. The Hall–Kier alpha value is -3.18. The lowest BCUT2D eigenvalue weighted by atomic mass is 10.0. The van der Waals surface area contributed by atoms with Crippen LogP contribution in [0.5, 0.6) is 5.75 Å². The summed E-state index contributed by atoms with van der Waals surface area (Å²) in [6.07, 6.45) is 11.1. The molecule has 1 N–H and O–H groups in total. The van der Waals surface area contributed by atoms with Crippen LogP contribution in [0.25, 0.3) is 10.9 Å². The monoisotopic (exact) mass is 455 g/mol. The van der Waals surface area contributed by atoms with Gasteiger partial charge >= 0.3 is 16.1 Å². The van der Waals surface area contributed by atoms with E-state index >= 15 is 0 Å². The Morgan fingerprint density at radius 1 is 1.19 bits per heavy atom. The van der Waals surface area contributed by atoms with E-state index < -0.39 is 21.7 Å². The predicted octanol–water partition coefficient (Wildman–Crippen LogP) is 4.31. The molecule has 0 spiro atoms. The highest BCUT2D eigenvalue weighted by molar-refractivity contribution is 7.86. The Bertz CT molecular complexity index is 1280. The van der Waals surface area contributed by atoms with Gasteiger partial charge in [-0.25, -0.2) is 4.79 Å².